The van der Waals surface area contributed by atoms with Gasteiger partial charge in [0.25, 0.3) is 5.91 Å². The van der Waals surface area contributed by atoms with Crippen LogP contribution in [0.5, 0.6) is 0 Å². The molecule has 0 saturated heterocycles. The van der Waals surface area contributed by atoms with Gasteiger partial charge < -0.3 is 5.32 Å². The first-order valence-corrected chi connectivity index (χ1v) is 6.21. The van der Waals surface area contributed by atoms with E-state index in [2.05, 4.69) is 10.3 Å². The van der Waals surface area contributed by atoms with Crippen molar-refractivity contribution >= 4 is 5.91 Å². The van der Waals surface area contributed by atoms with Crippen molar-refractivity contribution in [2.45, 2.75) is 13.3 Å². The van der Waals surface area contributed by atoms with Gasteiger partial charge in [0, 0.05) is 12.7 Å². The fourth-order valence-corrected chi connectivity index (χ4v) is 1.88. The molecule has 104 valence electrons. The first kappa shape index (κ1) is 14.1. The van der Waals surface area contributed by atoms with Crippen molar-refractivity contribution in [1.82, 2.24) is 10.3 Å². The van der Waals surface area contributed by atoms with Crippen LogP contribution in [-0.2, 0) is 6.42 Å². The molecule has 0 fully saturated rings. The number of halogens is 2. The number of pyridine rings is 1. The van der Waals surface area contributed by atoms with E-state index in [-0.39, 0.29) is 5.56 Å². The minimum atomic E-state index is -1.27. The number of hydrogen-bond acceptors (Lipinski definition) is 2. The summed E-state index contributed by atoms with van der Waals surface area (Å²) in [5.41, 5.74) is 1.88. The Labute approximate surface area is 115 Å². The van der Waals surface area contributed by atoms with Gasteiger partial charge in [-0.15, -0.1) is 0 Å². The molecule has 0 aliphatic carbocycles. The van der Waals surface area contributed by atoms with E-state index in [9.17, 15) is 13.6 Å². The van der Waals surface area contributed by atoms with Gasteiger partial charge in [-0.05, 0) is 25.0 Å². The van der Waals surface area contributed by atoms with Crippen molar-refractivity contribution in [2.24, 2.45) is 0 Å². The molecule has 2 rings (SSSR count). The Bertz CT molecular complexity index is 629. The van der Waals surface area contributed by atoms with Gasteiger partial charge in [-0.3, -0.25) is 4.79 Å². The number of nitrogens with one attached hydrogen (secondary N) is 1. The quantitative estimate of drug-likeness (QED) is 0.872. The third kappa shape index (κ3) is 3.38. The predicted molar refractivity (Wildman–Crippen MR) is 71.4 cm³/mol. The summed E-state index contributed by atoms with van der Waals surface area (Å²) in [4.78, 5) is 14.9. The summed E-state index contributed by atoms with van der Waals surface area (Å²) in [7, 11) is 0. The molecule has 1 heterocycles. The lowest BCUT2D eigenvalue weighted by Crippen LogP contribution is -2.27. The highest BCUT2D eigenvalue weighted by atomic mass is 19.2. The minimum Gasteiger partial charge on any atom is -0.352 e. The highest BCUT2D eigenvalue weighted by molar-refractivity contribution is 5.94. The number of aryl methyl sites for hydroxylation is 1. The maximum atomic E-state index is 13.4. The number of carbonyl (C=O) groups is 1. The number of aromatic nitrogens is 1. The predicted octanol–water partition coefficient (Wildman–Crippen LogP) is 2.64. The molecule has 3 nitrogen and oxygen atoms in total. The monoisotopic (exact) mass is 276 g/mol. The largest absolute Gasteiger partial charge is 0.352 e. The molecule has 0 spiro atoms. The van der Waals surface area contributed by atoms with Gasteiger partial charge in [-0.1, -0.05) is 29.8 Å². The molecular weight excluding hydrogens is 262 g/mol. The molecule has 1 N–H and O–H groups in total. The normalized spacial score (nSPS) is 10.3. The molecule has 1 aromatic heterocycles. The van der Waals surface area contributed by atoms with E-state index >= 15 is 0 Å². The minimum absolute atomic E-state index is 0.332. The van der Waals surface area contributed by atoms with Crippen LogP contribution >= 0.6 is 0 Å². The van der Waals surface area contributed by atoms with Crippen molar-refractivity contribution in [3.8, 4) is 0 Å². The third-order valence-electron chi connectivity index (χ3n) is 2.87. The van der Waals surface area contributed by atoms with Crippen LogP contribution in [-0.4, -0.2) is 17.4 Å². The molecule has 0 aliphatic rings. The zero-order chi connectivity index (χ0) is 14.5. The number of nitrogens with zero attached hydrogens (tertiary/aromatic N) is 1. The van der Waals surface area contributed by atoms with Crippen molar-refractivity contribution in [3.05, 3.63) is 65.0 Å². The van der Waals surface area contributed by atoms with Crippen LogP contribution in [0, 0.1) is 18.7 Å². The van der Waals surface area contributed by atoms with Crippen LogP contribution in [0.2, 0.25) is 0 Å². The zero-order valence-corrected chi connectivity index (χ0v) is 11.0. The molecule has 1 amide bonds. The molecule has 5 heteroatoms. The van der Waals surface area contributed by atoms with E-state index in [1.54, 1.807) is 0 Å². The van der Waals surface area contributed by atoms with E-state index in [1.165, 1.54) is 0 Å². The summed E-state index contributed by atoms with van der Waals surface area (Å²) >= 11 is 0. The maximum Gasteiger partial charge on any atom is 0.254 e. The van der Waals surface area contributed by atoms with Gasteiger partial charge >= 0.3 is 0 Å². The average Bonchev–Trinajstić information content (AvgIpc) is 2.42. The molecule has 0 saturated carbocycles. The average molecular weight is 276 g/mol. The van der Waals surface area contributed by atoms with Gasteiger partial charge in [-0.25, -0.2) is 9.37 Å². The highest BCUT2D eigenvalue weighted by Crippen LogP contribution is 2.09. The van der Waals surface area contributed by atoms with Crippen molar-refractivity contribution in [2.75, 3.05) is 6.54 Å². The first-order valence-electron chi connectivity index (χ1n) is 6.21. The van der Waals surface area contributed by atoms with Gasteiger partial charge in [0.2, 0.25) is 5.95 Å². The molecule has 0 bridgehead atoms. The fraction of sp³-hybridized carbons (Fsp3) is 0.200. The Kier molecular flexibility index (Phi) is 4.40. The van der Waals surface area contributed by atoms with Crippen LogP contribution in [0.15, 0.2) is 36.5 Å². The molecule has 2 aromatic rings. The summed E-state index contributed by atoms with van der Waals surface area (Å²) < 4.78 is 26.3. The third-order valence-corrected chi connectivity index (χ3v) is 2.87. The second-order valence-corrected chi connectivity index (χ2v) is 4.46. The van der Waals surface area contributed by atoms with E-state index in [0.29, 0.717) is 13.0 Å². The Hall–Kier alpha value is -2.30. The Balaban J connectivity index is 1.94. The Morgan fingerprint density at radius 3 is 2.85 bits per heavy atom. The lowest BCUT2D eigenvalue weighted by molar-refractivity contribution is 0.0948. The number of rotatable bonds is 4. The highest BCUT2D eigenvalue weighted by Gasteiger charge is 2.15. The van der Waals surface area contributed by atoms with Gasteiger partial charge in [0.1, 0.15) is 0 Å². The molecular formula is C15H14F2N2O. The van der Waals surface area contributed by atoms with Crippen molar-refractivity contribution in [1.29, 1.82) is 0 Å². The van der Waals surface area contributed by atoms with Crippen LogP contribution in [0.25, 0.3) is 0 Å². The number of benzene rings is 1. The number of hydrogen-bond donors (Lipinski definition) is 1. The first-order chi connectivity index (χ1) is 9.58. The Morgan fingerprint density at radius 1 is 1.30 bits per heavy atom. The van der Waals surface area contributed by atoms with Crippen LogP contribution in [0.3, 0.4) is 0 Å². The summed E-state index contributed by atoms with van der Waals surface area (Å²) in [5, 5.41) is 2.56. The molecule has 1 aromatic carbocycles. The topological polar surface area (TPSA) is 42.0 Å². The van der Waals surface area contributed by atoms with E-state index in [4.69, 9.17) is 0 Å². The number of carbonyl (C=O) groups excluding carboxylic acids is 1. The van der Waals surface area contributed by atoms with Gasteiger partial charge in [0.15, 0.2) is 5.82 Å². The lowest BCUT2D eigenvalue weighted by atomic mass is 10.1. The van der Waals surface area contributed by atoms with Gasteiger partial charge in [-0.2, -0.15) is 4.39 Å². The molecule has 0 radical (unpaired) electrons. The standard InChI is InChI=1S/C15H14F2N2O/c1-10-3-2-4-11(9-10)5-7-19-15(20)12-6-8-18-14(17)13(12)16/h2-4,6,8-9H,5,7H2,1H3,(H,19,20). The van der Waals surface area contributed by atoms with E-state index in [1.807, 2.05) is 31.2 Å². The summed E-state index contributed by atoms with van der Waals surface area (Å²) in [5.74, 6) is -3.13. The maximum absolute atomic E-state index is 13.4. The molecule has 0 atom stereocenters. The van der Waals surface area contributed by atoms with E-state index in [0.717, 1.165) is 23.4 Å². The summed E-state index contributed by atoms with van der Waals surface area (Å²) in [6.45, 7) is 2.34. The number of amides is 1. The second kappa shape index (κ2) is 6.23. The molecule has 20 heavy (non-hydrogen) atoms. The van der Waals surface area contributed by atoms with Crippen molar-refractivity contribution < 1.29 is 13.6 Å². The van der Waals surface area contributed by atoms with Crippen LogP contribution in [0.4, 0.5) is 8.78 Å². The van der Waals surface area contributed by atoms with Crippen LogP contribution in [0.1, 0.15) is 21.5 Å². The smallest absolute Gasteiger partial charge is 0.254 e. The van der Waals surface area contributed by atoms with Crippen molar-refractivity contribution in [3.63, 3.8) is 0 Å². The van der Waals surface area contributed by atoms with Gasteiger partial charge in [0.05, 0.1) is 5.56 Å². The lowest BCUT2D eigenvalue weighted by Gasteiger charge is -2.06. The summed E-state index contributed by atoms with van der Waals surface area (Å²) in [6.07, 6.45) is 1.69. The van der Waals surface area contributed by atoms with Crippen LogP contribution < -0.4 is 5.32 Å². The SMILES string of the molecule is Cc1cccc(CCNC(=O)c2ccnc(F)c2F)c1. The fourth-order valence-electron chi connectivity index (χ4n) is 1.88. The second-order valence-electron chi connectivity index (χ2n) is 4.46. The zero-order valence-electron chi connectivity index (χ0n) is 11.0. The molecule has 0 aliphatic heterocycles. The summed E-state index contributed by atoms with van der Waals surface area (Å²) in [6, 6.07) is 9.03. The molecule has 0 unspecified atom stereocenters. The van der Waals surface area contributed by atoms with E-state index < -0.39 is 17.7 Å². The Morgan fingerprint density at radius 2 is 2.10 bits per heavy atom.